The quantitative estimate of drug-likeness (QED) is 0.192. The van der Waals surface area contributed by atoms with Crippen LogP contribution in [-0.4, -0.2) is 0 Å². The number of hydrogen-bond acceptors (Lipinski definition) is 1. The summed E-state index contributed by atoms with van der Waals surface area (Å²) in [5, 5.41) is 2.52. The molecule has 202 valence electrons. The number of para-hydroxylation sites is 2. The first kappa shape index (κ1) is 24.7. The molecule has 0 aromatic heterocycles. The van der Waals surface area contributed by atoms with Gasteiger partial charge in [0.2, 0.25) is 0 Å². The van der Waals surface area contributed by atoms with E-state index in [0.717, 1.165) is 15.8 Å². The highest BCUT2D eigenvalue weighted by Gasteiger charge is 2.52. The molecular formula is C41H26BrN. The smallest absolute Gasteiger partial charge is 0.0726 e. The summed E-state index contributed by atoms with van der Waals surface area (Å²) in [7, 11) is 0. The Balaban J connectivity index is 1.47. The fraction of sp³-hybridized carbons (Fsp3) is 0.0244. The van der Waals surface area contributed by atoms with Crippen LogP contribution in [0.25, 0.3) is 33.0 Å². The average Bonchev–Trinajstić information content (AvgIpc) is 3.53. The van der Waals surface area contributed by atoms with Crippen LogP contribution in [0.15, 0.2) is 162 Å². The molecule has 0 bridgehead atoms. The zero-order chi connectivity index (χ0) is 28.5. The zero-order valence-electron chi connectivity index (χ0n) is 23.3. The Kier molecular flexibility index (Phi) is 5.33. The van der Waals surface area contributed by atoms with E-state index < -0.39 is 5.41 Å². The summed E-state index contributed by atoms with van der Waals surface area (Å²) in [5.41, 5.74) is 13.7. The lowest BCUT2D eigenvalue weighted by atomic mass is 9.70. The molecule has 0 amide bonds. The van der Waals surface area contributed by atoms with Crippen molar-refractivity contribution in [2.75, 3.05) is 4.90 Å². The highest BCUT2D eigenvalue weighted by molar-refractivity contribution is 9.10. The molecule has 2 aliphatic carbocycles. The highest BCUT2D eigenvalue weighted by Crippen LogP contribution is 2.65. The van der Waals surface area contributed by atoms with Crippen molar-refractivity contribution in [2.24, 2.45) is 0 Å². The number of rotatable bonds is 3. The molecule has 0 fully saturated rings. The van der Waals surface area contributed by atoms with Gasteiger partial charge in [0, 0.05) is 21.2 Å². The maximum Gasteiger partial charge on any atom is 0.0726 e. The summed E-state index contributed by atoms with van der Waals surface area (Å²) < 4.78 is 1.10. The first-order valence-corrected chi connectivity index (χ1v) is 15.5. The van der Waals surface area contributed by atoms with Crippen LogP contribution in [0.5, 0.6) is 0 Å². The largest absolute Gasteiger partial charge is 0.310 e. The van der Waals surface area contributed by atoms with Crippen molar-refractivity contribution >= 4 is 43.8 Å². The van der Waals surface area contributed by atoms with Gasteiger partial charge in [-0.25, -0.2) is 0 Å². The lowest BCUT2D eigenvalue weighted by Crippen LogP contribution is -2.26. The SMILES string of the molecule is Brc1ccc2c(c1)-c1ccccc1C21c2ccccc2-c2c1cc(N(c1ccccc1)c1ccccc1)c1ccccc21. The molecule has 1 spiro atoms. The van der Waals surface area contributed by atoms with Gasteiger partial charge in [0.15, 0.2) is 0 Å². The summed E-state index contributed by atoms with van der Waals surface area (Å²) in [6, 6.07) is 57.8. The second-order valence-corrected chi connectivity index (χ2v) is 12.3. The fourth-order valence-electron chi connectivity index (χ4n) is 7.72. The molecule has 1 atom stereocenters. The zero-order valence-corrected chi connectivity index (χ0v) is 24.9. The van der Waals surface area contributed by atoms with E-state index in [0.29, 0.717) is 0 Å². The number of hydrogen-bond donors (Lipinski definition) is 0. The van der Waals surface area contributed by atoms with Crippen molar-refractivity contribution in [1.29, 1.82) is 0 Å². The van der Waals surface area contributed by atoms with E-state index >= 15 is 0 Å². The summed E-state index contributed by atoms with van der Waals surface area (Å²) in [4.78, 5) is 2.42. The molecule has 7 aromatic carbocycles. The Morgan fingerprint density at radius 1 is 0.419 bits per heavy atom. The van der Waals surface area contributed by atoms with Gasteiger partial charge in [0.1, 0.15) is 0 Å². The van der Waals surface area contributed by atoms with Crippen LogP contribution in [0.2, 0.25) is 0 Å². The maximum absolute atomic E-state index is 3.79. The third-order valence-electron chi connectivity index (χ3n) is 9.30. The van der Waals surface area contributed by atoms with Crippen LogP contribution in [0, 0.1) is 0 Å². The molecule has 1 nitrogen and oxygen atoms in total. The first-order valence-electron chi connectivity index (χ1n) is 14.7. The predicted molar refractivity (Wildman–Crippen MR) is 183 cm³/mol. The normalized spacial score (nSPS) is 15.7. The third-order valence-corrected chi connectivity index (χ3v) is 9.80. The van der Waals surface area contributed by atoms with Gasteiger partial charge in [0.25, 0.3) is 0 Å². The van der Waals surface area contributed by atoms with Crippen molar-refractivity contribution in [2.45, 2.75) is 5.41 Å². The van der Waals surface area contributed by atoms with E-state index in [2.05, 4.69) is 179 Å². The van der Waals surface area contributed by atoms with Crippen LogP contribution < -0.4 is 4.90 Å². The van der Waals surface area contributed by atoms with E-state index in [-0.39, 0.29) is 0 Å². The Bertz CT molecular complexity index is 2160. The summed E-state index contributed by atoms with van der Waals surface area (Å²) in [6.45, 7) is 0. The second kappa shape index (κ2) is 9.29. The van der Waals surface area contributed by atoms with Gasteiger partial charge in [-0.05, 0) is 92.4 Å². The molecule has 0 heterocycles. The Labute approximate surface area is 259 Å². The molecule has 2 aliphatic rings. The van der Waals surface area contributed by atoms with Crippen molar-refractivity contribution < 1.29 is 0 Å². The van der Waals surface area contributed by atoms with Crippen molar-refractivity contribution in [3.05, 3.63) is 184 Å². The minimum Gasteiger partial charge on any atom is -0.310 e. The second-order valence-electron chi connectivity index (χ2n) is 11.4. The maximum atomic E-state index is 3.79. The molecule has 2 heteroatoms. The van der Waals surface area contributed by atoms with Crippen LogP contribution in [-0.2, 0) is 5.41 Å². The lowest BCUT2D eigenvalue weighted by molar-refractivity contribution is 0.794. The third kappa shape index (κ3) is 3.33. The minimum atomic E-state index is -0.420. The number of anilines is 3. The summed E-state index contributed by atoms with van der Waals surface area (Å²) in [6.07, 6.45) is 0. The van der Waals surface area contributed by atoms with E-state index in [9.17, 15) is 0 Å². The van der Waals surface area contributed by atoms with E-state index in [4.69, 9.17) is 0 Å². The molecule has 0 radical (unpaired) electrons. The summed E-state index contributed by atoms with van der Waals surface area (Å²) >= 11 is 3.79. The number of benzene rings is 7. The number of halogens is 1. The van der Waals surface area contributed by atoms with Gasteiger partial charge in [-0.1, -0.05) is 131 Å². The van der Waals surface area contributed by atoms with Gasteiger partial charge >= 0.3 is 0 Å². The van der Waals surface area contributed by atoms with Crippen LogP contribution in [0.3, 0.4) is 0 Å². The van der Waals surface area contributed by atoms with Gasteiger partial charge in [-0.2, -0.15) is 0 Å². The Morgan fingerprint density at radius 2 is 0.953 bits per heavy atom. The van der Waals surface area contributed by atoms with Gasteiger partial charge < -0.3 is 4.90 Å². The molecule has 1 unspecified atom stereocenters. The molecule has 43 heavy (non-hydrogen) atoms. The topological polar surface area (TPSA) is 3.24 Å². The molecule has 9 rings (SSSR count). The monoisotopic (exact) mass is 611 g/mol. The molecule has 0 saturated heterocycles. The van der Waals surface area contributed by atoms with Crippen molar-refractivity contribution in [3.63, 3.8) is 0 Å². The lowest BCUT2D eigenvalue weighted by Gasteiger charge is -2.33. The van der Waals surface area contributed by atoms with Gasteiger partial charge in [0.05, 0.1) is 11.1 Å². The molecule has 0 saturated carbocycles. The van der Waals surface area contributed by atoms with Crippen LogP contribution in [0.4, 0.5) is 17.1 Å². The fourth-order valence-corrected chi connectivity index (χ4v) is 8.08. The van der Waals surface area contributed by atoms with Gasteiger partial charge in [-0.3, -0.25) is 0 Å². The van der Waals surface area contributed by atoms with Gasteiger partial charge in [-0.15, -0.1) is 0 Å². The van der Waals surface area contributed by atoms with E-state index in [1.54, 1.807) is 0 Å². The molecule has 0 aliphatic heterocycles. The molecule has 0 N–H and O–H groups in total. The van der Waals surface area contributed by atoms with E-state index in [1.807, 2.05) is 0 Å². The van der Waals surface area contributed by atoms with Crippen LogP contribution in [0.1, 0.15) is 22.3 Å². The first-order chi connectivity index (χ1) is 21.3. The Hall–Kier alpha value is -4.92. The standard InChI is InChI=1S/C41H26BrN/c42-27-23-24-37-34(25-27)30-17-9-11-21-35(30)41(37)36-22-12-10-20-33(36)40-32-19-8-7-18-31(32)39(26-38(40)41)43(28-13-3-1-4-14-28)29-15-5-2-6-16-29/h1-26H. The Morgan fingerprint density at radius 3 is 1.65 bits per heavy atom. The van der Waals surface area contributed by atoms with Crippen LogP contribution >= 0.6 is 15.9 Å². The number of fused-ring (bicyclic) bond motifs is 12. The van der Waals surface area contributed by atoms with E-state index in [1.165, 1.54) is 61.0 Å². The van der Waals surface area contributed by atoms with Crippen molar-refractivity contribution in [1.82, 2.24) is 0 Å². The molecule has 7 aromatic rings. The predicted octanol–water partition coefficient (Wildman–Crippen LogP) is 11.4. The molecular weight excluding hydrogens is 586 g/mol. The highest BCUT2D eigenvalue weighted by atomic mass is 79.9. The number of nitrogens with zero attached hydrogens (tertiary/aromatic N) is 1. The van der Waals surface area contributed by atoms with Crippen molar-refractivity contribution in [3.8, 4) is 22.3 Å². The summed E-state index contributed by atoms with van der Waals surface area (Å²) in [5.74, 6) is 0. The average molecular weight is 613 g/mol. The minimum absolute atomic E-state index is 0.420.